The first-order chi connectivity index (χ1) is 26.7. The number of nitrogens with one attached hydrogen (secondary N) is 2. The lowest BCUT2D eigenvalue weighted by atomic mass is 9.67. The van der Waals surface area contributed by atoms with Crippen molar-refractivity contribution < 1.29 is 4.99 Å². The van der Waals surface area contributed by atoms with Crippen LogP contribution in [0.3, 0.4) is 0 Å². The zero-order chi connectivity index (χ0) is 37.1. The number of nitrogens with zero attached hydrogens (tertiary/aromatic N) is 1. The molecule has 2 aliphatic heterocycles. The highest BCUT2D eigenvalue weighted by atomic mass is 32.2. The number of hydrogen-bond acceptors (Lipinski definition) is 2. The second-order valence-corrected chi connectivity index (χ2v) is 18.1. The van der Waals surface area contributed by atoms with Gasteiger partial charge in [0, 0.05) is 37.8 Å². The molecule has 3 heterocycles. The molecule has 5 unspecified atom stereocenters. The first-order valence-electron chi connectivity index (χ1n) is 19.6. The topological polar surface area (TPSA) is 30.9 Å². The Balaban J connectivity index is 0.919. The van der Waals surface area contributed by atoms with Gasteiger partial charge in [0.25, 0.3) is 0 Å². The van der Waals surface area contributed by atoms with Gasteiger partial charge in [0.2, 0.25) is 0 Å². The predicted octanol–water partition coefficient (Wildman–Crippen LogP) is 10.5. The van der Waals surface area contributed by atoms with Crippen LogP contribution in [0.1, 0.15) is 56.2 Å². The zero-order valence-electron chi connectivity index (χ0n) is 31.7. The molecule has 0 bridgehead atoms. The molecule has 3 nitrogen and oxygen atoms in total. The van der Waals surface area contributed by atoms with Crippen molar-refractivity contribution >= 4 is 45.5 Å². The molecule has 5 aromatic carbocycles. The van der Waals surface area contributed by atoms with Crippen LogP contribution in [0.15, 0.2) is 163 Å². The van der Waals surface area contributed by atoms with Gasteiger partial charge in [-0.05, 0) is 74.0 Å². The Hall–Kier alpha value is -5.58. The van der Waals surface area contributed by atoms with E-state index in [1.807, 2.05) is 11.8 Å². The largest absolute Gasteiger partial charge is 0.311 e. The standard InChI is InChI=1S/C51H43N3S/c1-49(2)41-29-34(20-23-39(41)50(3)26-9-7-13-46(49)50)35-19-22-38-37-11-5-6-12-43(37)54(44(38)30-35)48-52-28-25-42(53-48)33-17-15-32(16-18-33)36-21-24-40-45(31-36)55-47-14-8-10-27-51(40,47)4/h5-31,46-48,53H,1-4H3/p+1. The van der Waals surface area contributed by atoms with Gasteiger partial charge in [-0.2, -0.15) is 0 Å². The van der Waals surface area contributed by atoms with E-state index in [-0.39, 0.29) is 22.5 Å². The van der Waals surface area contributed by atoms with Crippen molar-refractivity contribution in [2.75, 3.05) is 0 Å². The second-order valence-electron chi connectivity index (χ2n) is 16.9. The van der Waals surface area contributed by atoms with E-state index in [1.54, 1.807) is 0 Å². The molecule has 6 aromatic rings. The van der Waals surface area contributed by atoms with Crippen molar-refractivity contribution in [1.29, 1.82) is 0 Å². The Bertz CT molecular complexity index is 2790. The van der Waals surface area contributed by atoms with E-state index >= 15 is 0 Å². The lowest BCUT2D eigenvalue weighted by Crippen LogP contribution is -2.77. The van der Waals surface area contributed by atoms with Crippen molar-refractivity contribution in [3.05, 3.63) is 180 Å². The van der Waals surface area contributed by atoms with Crippen molar-refractivity contribution in [2.45, 2.75) is 60.4 Å². The van der Waals surface area contributed by atoms with Crippen molar-refractivity contribution in [2.24, 2.45) is 5.92 Å². The van der Waals surface area contributed by atoms with Crippen LogP contribution in [0.25, 0.3) is 49.8 Å². The molecule has 5 aliphatic rings. The summed E-state index contributed by atoms with van der Waals surface area (Å²) >= 11 is 1.99. The van der Waals surface area contributed by atoms with Crippen LogP contribution in [0, 0.1) is 5.92 Å². The van der Waals surface area contributed by atoms with Crippen LogP contribution in [-0.2, 0) is 16.2 Å². The van der Waals surface area contributed by atoms with Gasteiger partial charge in [-0.25, -0.2) is 4.99 Å². The van der Waals surface area contributed by atoms with E-state index in [9.17, 15) is 0 Å². The molecule has 1 aromatic heterocycles. The number of benzene rings is 5. The number of para-hydroxylation sites is 1. The summed E-state index contributed by atoms with van der Waals surface area (Å²) in [6, 6.07) is 39.0. The van der Waals surface area contributed by atoms with Crippen LogP contribution in [0.2, 0.25) is 0 Å². The molecule has 11 rings (SSSR count). The van der Waals surface area contributed by atoms with Gasteiger partial charge in [0.1, 0.15) is 0 Å². The van der Waals surface area contributed by atoms with Gasteiger partial charge in [0.05, 0.1) is 16.7 Å². The molecular weight excluding hydrogens is 687 g/mol. The minimum atomic E-state index is -0.167. The predicted molar refractivity (Wildman–Crippen MR) is 231 cm³/mol. The van der Waals surface area contributed by atoms with Gasteiger partial charge in [0.15, 0.2) is 6.21 Å². The lowest BCUT2D eigenvalue weighted by Gasteiger charge is -2.36. The SMILES string of the molecule is CC1(C)c2cc(-c3ccc4c5ccccc5n(C5NC(c6ccc(-c7ccc8c(c7)SC7C=CC=CC87C)cc6)=CC=[NH+]5)c4c3)ccc2C2(C)C=CC=CC12. The van der Waals surface area contributed by atoms with Crippen LogP contribution in [-0.4, -0.2) is 16.0 Å². The molecule has 2 N–H and O–H groups in total. The van der Waals surface area contributed by atoms with E-state index in [2.05, 4.69) is 207 Å². The van der Waals surface area contributed by atoms with Gasteiger partial charge in [-0.15, -0.1) is 11.8 Å². The molecular formula is C51H44N3S+. The van der Waals surface area contributed by atoms with Gasteiger partial charge in [-0.1, -0.05) is 161 Å². The molecule has 55 heavy (non-hydrogen) atoms. The molecule has 0 saturated heterocycles. The maximum Gasteiger partial charge on any atom is 0.311 e. The van der Waals surface area contributed by atoms with E-state index in [0.717, 1.165) is 11.3 Å². The smallest absolute Gasteiger partial charge is 0.309 e. The number of rotatable bonds is 4. The third kappa shape index (κ3) is 4.74. The van der Waals surface area contributed by atoms with Gasteiger partial charge in [-0.3, -0.25) is 4.57 Å². The summed E-state index contributed by atoms with van der Waals surface area (Å²) in [4.78, 5) is 5.04. The average molecular weight is 731 g/mol. The summed E-state index contributed by atoms with van der Waals surface area (Å²) < 4.78 is 2.43. The average Bonchev–Trinajstić information content (AvgIpc) is 3.77. The summed E-state index contributed by atoms with van der Waals surface area (Å²) in [6.07, 6.45) is 22.4. The minimum Gasteiger partial charge on any atom is -0.309 e. The quantitative estimate of drug-likeness (QED) is 0.189. The second kappa shape index (κ2) is 11.7. The van der Waals surface area contributed by atoms with E-state index in [4.69, 9.17) is 0 Å². The summed E-state index contributed by atoms with van der Waals surface area (Å²) in [7, 11) is 0. The molecule has 3 aliphatic carbocycles. The third-order valence-corrected chi connectivity index (χ3v) is 14.9. The molecule has 5 atom stereocenters. The maximum atomic E-state index is 3.87. The number of aromatic nitrogens is 1. The Morgan fingerprint density at radius 2 is 1.27 bits per heavy atom. The Morgan fingerprint density at radius 1 is 0.600 bits per heavy atom. The first-order valence-corrected chi connectivity index (χ1v) is 20.5. The Labute approximate surface area is 327 Å². The lowest BCUT2D eigenvalue weighted by molar-refractivity contribution is -0.531. The number of thioether (sulfide) groups is 1. The third-order valence-electron chi connectivity index (χ3n) is 13.4. The Morgan fingerprint density at radius 3 is 2.13 bits per heavy atom. The molecule has 0 fully saturated rings. The van der Waals surface area contributed by atoms with Gasteiger partial charge < -0.3 is 5.32 Å². The van der Waals surface area contributed by atoms with Crippen LogP contribution >= 0.6 is 11.8 Å². The molecule has 0 saturated carbocycles. The number of hydrogen-bond donors (Lipinski definition) is 2. The maximum absolute atomic E-state index is 3.87. The highest BCUT2D eigenvalue weighted by Gasteiger charge is 2.51. The molecule has 0 radical (unpaired) electrons. The van der Waals surface area contributed by atoms with Crippen LogP contribution < -0.4 is 10.3 Å². The fourth-order valence-electron chi connectivity index (χ4n) is 10.5. The van der Waals surface area contributed by atoms with E-state index < -0.39 is 0 Å². The number of fused-ring (bicyclic) bond motifs is 9. The molecule has 0 spiro atoms. The van der Waals surface area contributed by atoms with Gasteiger partial charge >= 0.3 is 6.29 Å². The first kappa shape index (κ1) is 32.8. The fourth-order valence-corrected chi connectivity index (χ4v) is 12.0. The van der Waals surface area contributed by atoms with E-state index in [1.165, 1.54) is 65.6 Å². The van der Waals surface area contributed by atoms with Crippen molar-refractivity contribution in [1.82, 2.24) is 9.88 Å². The zero-order valence-corrected chi connectivity index (χ0v) is 32.5. The normalized spacial score (nSPS) is 26.5. The van der Waals surface area contributed by atoms with Crippen molar-refractivity contribution in [3.63, 3.8) is 0 Å². The summed E-state index contributed by atoms with van der Waals surface area (Å²) in [5.74, 6) is 0.445. The molecule has 4 heteroatoms. The highest BCUT2D eigenvalue weighted by Crippen LogP contribution is 2.57. The summed E-state index contributed by atoms with van der Waals surface area (Å²) in [5, 5.41) is 6.85. The van der Waals surface area contributed by atoms with E-state index in [0.29, 0.717) is 11.2 Å². The summed E-state index contributed by atoms with van der Waals surface area (Å²) in [6.45, 7) is 9.60. The Kier molecular flexibility index (Phi) is 6.99. The fraction of sp³-hybridized carbons (Fsp3) is 0.196. The van der Waals surface area contributed by atoms with Crippen LogP contribution in [0.5, 0.6) is 0 Å². The highest BCUT2D eigenvalue weighted by molar-refractivity contribution is 8.00. The minimum absolute atomic E-state index is 0.0248. The van der Waals surface area contributed by atoms with Crippen molar-refractivity contribution in [3.8, 4) is 22.3 Å². The molecule has 0 amide bonds. The van der Waals surface area contributed by atoms with Crippen LogP contribution in [0.4, 0.5) is 0 Å². The monoisotopic (exact) mass is 730 g/mol. The number of allylic oxidation sites excluding steroid dienone is 8. The molecule has 268 valence electrons. The summed E-state index contributed by atoms with van der Waals surface area (Å²) in [5.41, 5.74) is 14.1.